The number of halogens is 1. The molecule has 1 unspecified atom stereocenters. The number of benzene rings is 1. The number of fused-ring (bicyclic) bond motifs is 1. The van der Waals surface area contributed by atoms with Gasteiger partial charge in [0.15, 0.2) is 11.4 Å². The number of methoxy groups -OCH3 is 1. The summed E-state index contributed by atoms with van der Waals surface area (Å²) in [5, 5.41) is 6.06. The third kappa shape index (κ3) is 7.77. The van der Waals surface area contributed by atoms with Gasteiger partial charge in [-0.1, -0.05) is 49.4 Å². The molecule has 1 aromatic carbocycles. The molecule has 1 saturated heterocycles. The molecular formula is C32H48ClN3O3. The second-order valence-corrected chi connectivity index (χ2v) is 13.1. The Bertz CT molecular complexity index is 1050. The van der Waals surface area contributed by atoms with Crippen LogP contribution in [0.2, 0.25) is 5.02 Å². The molecule has 0 bridgehead atoms. The Morgan fingerprint density at radius 3 is 2.36 bits per heavy atom. The van der Waals surface area contributed by atoms with E-state index in [0.29, 0.717) is 22.8 Å². The van der Waals surface area contributed by atoms with Crippen molar-refractivity contribution >= 4 is 34.2 Å². The normalized spacial score (nSPS) is 27.6. The number of rotatable bonds is 11. The van der Waals surface area contributed by atoms with Crippen molar-refractivity contribution in [2.75, 3.05) is 44.7 Å². The zero-order chi connectivity index (χ0) is 27.2. The highest BCUT2D eigenvalue weighted by atomic mass is 35.5. The van der Waals surface area contributed by atoms with Gasteiger partial charge >= 0.3 is 0 Å². The predicted molar refractivity (Wildman–Crippen MR) is 159 cm³/mol. The Hall–Kier alpha value is -1.63. The number of hydrogen-bond acceptors (Lipinski definition) is 6. The van der Waals surface area contributed by atoms with Crippen molar-refractivity contribution in [3.05, 3.63) is 23.2 Å². The standard InChI is InChI=1S/C32H48ClN3O3/c1-23(30(37)21-26-9-12-28(38-2)13-10-26)3-4-24-5-7-25(8-6-24)15-16-35-17-19-36(20-18-35)32-29-14-11-27(33)22-31(29)39-34-32/h11,14,22-26,28H,3-10,12-13,15-21H2,1-2H3. The van der Waals surface area contributed by atoms with Crippen LogP contribution in [0, 0.1) is 23.7 Å². The lowest BCUT2D eigenvalue weighted by molar-refractivity contribution is -0.124. The molecule has 0 radical (unpaired) electrons. The Morgan fingerprint density at radius 1 is 1.00 bits per heavy atom. The van der Waals surface area contributed by atoms with Crippen LogP contribution in [-0.2, 0) is 9.53 Å². The second-order valence-electron chi connectivity index (χ2n) is 12.7. The first-order valence-electron chi connectivity index (χ1n) is 15.6. The molecule has 39 heavy (non-hydrogen) atoms. The second kappa shape index (κ2) is 13.8. The highest BCUT2D eigenvalue weighted by Gasteiger charge is 2.27. The minimum absolute atomic E-state index is 0.231. The molecule has 2 heterocycles. The molecule has 1 aliphatic heterocycles. The number of nitrogens with zero attached hydrogens (tertiary/aromatic N) is 3. The van der Waals surface area contributed by atoms with Crippen LogP contribution in [0.4, 0.5) is 5.82 Å². The zero-order valence-corrected chi connectivity index (χ0v) is 24.8. The van der Waals surface area contributed by atoms with Crippen molar-refractivity contribution in [1.82, 2.24) is 10.1 Å². The van der Waals surface area contributed by atoms with E-state index in [9.17, 15) is 4.79 Å². The molecule has 5 rings (SSSR count). The quantitative estimate of drug-likeness (QED) is 0.287. The summed E-state index contributed by atoms with van der Waals surface area (Å²) < 4.78 is 11.0. The first-order chi connectivity index (χ1) is 19.0. The molecule has 0 N–H and O–H groups in total. The van der Waals surface area contributed by atoms with E-state index in [1.807, 2.05) is 25.3 Å². The fraction of sp³-hybridized carbons (Fsp3) is 0.750. The minimum Gasteiger partial charge on any atom is -0.381 e. The largest absolute Gasteiger partial charge is 0.381 e. The SMILES string of the molecule is COC1CCC(CC(=O)C(C)CCC2CCC(CCN3CCN(c4noc5cc(Cl)ccc45)CC3)CC2)CC1. The summed E-state index contributed by atoms with van der Waals surface area (Å²) in [5.41, 5.74) is 0.761. The third-order valence-corrected chi connectivity index (χ3v) is 10.3. The van der Waals surface area contributed by atoms with Gasteiger partial charge in [0, 0.05) is 56.7 Å². The summed E-state index contributed by atoms with van der Waals surface area (Å²) in [6.45, 7) is 7.52. The first-order valence-corrected chi connectivity index (χ1v) is 15.9. The summed E-state index contributed by atoms with van der Waals surface area (Å²) in [6, 6.07) is 5.76. The summed E-state index contributed by atoms with van der Waals surface area (Å²) in [4.78, 5) is 17.8. The van der Waals surface area contributed by atoms with Crippen LogP contribution in [0.5, 0.6) is 0 Å². The average molecular weight is 558 g/mol. The number of ether oxygens (including phenoxy) is 1. The number of Topliss-reactive ketones (excluding diaryl/α,β-unsaturated/α-hetero) is 1. The fourth-order valence-electron chi connectivity index (χ4n) is 7.19. The maximum Gasteiger partial charge on any atom is 0.180 e. The van der Waals surface area contributed by atoms with E-state index < -0.39 is 0 Å². The van der Waals surface area contributed by atoms with Crippen LogP contribution in [0.25, 0.3) is 11.0 Å². The van der Waals surface area contributed by atoms with E-state index in [1.165, 1.54) is 45.1 Å². The average Bonchev–Trinajstić information content (AvgIpc) is 3.39. The molecule has 0 amide bonds. The monoisotopic (exact) mass is 557 g/mol. The number of hydrogen-bond donors (Lipinski definition) is 0. The van der Waals surface area contributed by atoms with Crippen LogP contribution in [0.1, 0.15) is 84.0 Å². The lowest BCUT2D eigenvalue weighted by Gasteiger charge is -2.36. The number of carbonyl (C=O) groups is 1. The lowest BCUT2D eigenvalue weighted by Crippen LogP contribution is -2.47. The smallest absolute Gasteiger partial charge is 0.180 e. The van der Waals surface area contributed by atoms with Crippen molar-refractivity contribution < 1.29 is 14.1 Å². The maximum absolute atomic E-state index is 12.8. The Labute approximate surface area is 239 Å². The molecule has 3 aliphatic rings. The van der Waals surface area contributed by atoms with Crippen LogP contribution < -0.4 is 4.90 Å². The van der Waals surface area contributed by atoms with Gasteiger partial charge in [-0.05, 0) is 81.4 Å². The van der Waals surface area contributed by atoms with Crippen molar-refractivity contribution in [3.8, 4) is 0 Å². The molecule has 216 valence electrons. The zero-order valence-electron chi connectivity index (χ0n) is 24.1. The minimum atomic E-state index is 0.231. The molecular weight excluding hydrogens is 510 g/mol. The van der Waals surface area contributed by atoms with Crippen LogP contribution in [0.3, 0.4) is 0 Å². The van der Waals surface area contributed by atoms with E-state index in [2.05, 4.69) is 21.9 Å². The predicted octanol–water partition coefficient (Wildman–Crippen LogP) is 7.38. The van der Waals surface area contributed by atoms with Gasteiger partial charge in [0.05, 0.1) is 11.5 Å². The molecule has 2 aromatic rings. The Kier molecular flexibility index (Phi) is 10.2. The van der Waals surface area contributed by atoms with Gasteiger partial charge < -0.3 is 14.2 Å². The van der Waals surface area contributed by atoms with E-state index in [-0.39, 0.29) is 5.92 Å². The summed E-state index contributed by atoms with van der Waals surface area (Å²) in [7, 11) is 1.81. The highest BCUT2D eigenvalue weighted by Crippen LogP contribution is 2.35. The Balaban J connectivity index is 0.947. The third-order valence-electron chi connectivity index (χ3n) is 10.1. The van der Waals surface area contributed by atoms with Gasteiger partial charge in [-0.2, -0.15) is 0 Å². The van der Waals surface area contributed by atoms with Gasteiger partial charge in [0.2, 0.25) is 0 Å². The van der Waals surface area contributed by atoms with E-state index >= 15 is 0 Å². The molecule has 0 spiro atoms. The molecule has 7 heteroatoms. The molecule has 6 nitrogen and oxygen atoms in total. The maximum atomic E-state index is 12.8. The van der Waals surface area contributed by atoms with Gasteiger partial charge in [-0.3, -0.25) is 9.69 Å². The van der Waals surface area contributed by atoms with Crippen LogP contribution >= 0.6 is 11.6 Å². The van der Waals surface area contributed by atoms with Crippen molar-refractivity contribution in [2.24, 2.45) is 23.7 Å². The van der Waals surface area contributed by atoms with Crippen molar-refractivity contribution in [3.63, 3.8) is 0 Å². The van der Waals surface area contributed by atoms with Gasteiger partial charge in [0.1, 0.15) is 5.78 Å². The molecule has 3 fully saturated rings. The number of piperazine rings is 1. The number of carbonyl (C=O) groups excluding carboxylic acids is 1. The van der Waals surface area contributed by atoms with Crippen LogP contribution in [0.15, 0.2) is 22.7 Å². The highest BCUT2D eigenvalue weighted by molar-refractivity contribution is 6.31. The number of ketones is 1. The molecule has 2 saturated carbocycles. The first kappa shape index (κ1) is 28.9. The Morgan fingerprint density at radius 2 is 1.67 bits per heavy atom. The van der Waals surface area contributed by atoms with Crippen molar-refractivity contribution in [1.29, 1.82) is 0 Å². The number of aromatic nitrogens is 1. The topological polar surface area (TPSA) is 58.8 Å². The van der Waals surface area contributed by atoms with E-state index in [1.54, 1.807) is 0 Å². The molecule has 2 aliphatic carbocycles. The summed E-state index contributed by atoms with van der Waals surface area (Å²) in [5.74, 6) is 3.96. The van der Waals surface area contributed by atoms with Crippen molar-refractivity contribution in [2.45, 2.75) is 90.1 Å². The van der Waals surface area contributed by atoms with Gasteiger partial charge in [-0.15, -0.1) is 0 Å². The number of anilines is 1. The fourth-order valence-corrected chi connectivity index (χ4v) is 7.35. The summed E-state index contributed by atoms with van der Waals surface area (Å²) >= 11 is 6.09. The van der Waals surface area contributed by atoms with E-state index in [0.717, 1.165) is 93.3 Å². The van der Waals surface area contributed by atoms with E-state index in [4.69, 9.17) is 20.9 Å². The lowest BCUT2D eigenvalue weighted by atomic mass is 9.77. The van der Waals surface area contributed by atoms with Gasteiger partial charge in [-0.25, -0.2) is 0 Å². The summed E-state index contributed by atoms with van der Waals surface area (Å²) in [6.07, 6.45) is 14.8. The van der Waals surface area contributed by atoms with Gasteiger partial charge in [0.25, 0.3) is 0 Å². The van der Waals surface area contributed by atoms with Crippen LogP contribution in [-0.4, -0.2) is 61.8 Å². The molecule has 1 atom stereocenters. The molecule has 1 aromatic heterocycles.